The third-order valence-corrected chi connectivity index (χ3v) is 6.39. The van der Waals surface area contributed by atoms with Gasteiger partial charge in [-0.25, -0.2) is 4.79 Å². The van der Waals surface area contributed by atoms with Crippen LogP contribution in [-0.2, 0) is 20.9 Å². The van der Waals surface area contributed by atoms with E-state index in [1.165, 1.54) is 4.90 Å². The predicted octanol–water partition coefficient (Wildman–Crippen LogP) is 4.95. The molecule has 0 bridgehead atoms. The molecule has 3 unspecified atom stereocenters. The lowest BCUT2D eigenvalue weighted by Gasteiger charge is -2.34. The van der Waals surface area contributed by atoms with Gasteiger partial charge in [0.05, 0.1) is 6.07 Å². The Morgan fingerprint density at radius 2 is 1.71 bits per heavy atom. The highest BCUT2D eigenvalue weighted by Gasteiger charge is 2.38. The number of carbonyl (C=O) groups is 3. The summed E-state index contributed by atoms with van der Waals surface area (Å²) >= 11 is 0. The quantitative estimate of drug-likeness (QED) is 0.431. The molecule has 3 atom stereocenters. The zero-order valence-electron chi connectivity index (χ0n) is 23.5. The van der Waals surface area contributed by atoms with E-state index in [0.29, 0.717) is 12.0 Å². The monoisotopic (exact) mass is 520 g/mol. The van der Waals surface area contributed by atoms with Crippen molar-refractivity contribution in [2.24, 2.45) is 5.92 Å². The van der Waals surface area contributed by atoms with Crippen LogP contribution in [0.25, 0.3) is 0 Å². The third-order valence-electron chi connectivity index (χ3n) is 6.39. The van der Waals surface area contributed by atoms with Gasteiger partial charge in [0.15, 0.2) is 0 Å². The number of rotatable bonds is 10. The molecule has 0 saturated heterocycles. The fourth-order valence-corrected chi connectivity index (χ4v) is 3.96. The first-order chi connectivity index (χ1) is 17.9. The molecule has 204 valence electrons. The van der Waals surface area contributed by atoms with Gasteiger partial charge in [0.2, 0.25) is 11.8 Å². The first-order valence-corrected chi connectivity index (χ1v) is 12.9. The zero-order valence-corrected chi connectivity index (χ0v) is 23.5. The van der Waals surface area contributed by atoms with Crippen molar-refractivity contribution in [2.45, 2.75) is 79.1 Å². The number of nitrogens with one attached hydrogen (secondary N) is 2. The topological polar surface area (TPSA) is 112 Å². The Morgan fingerprint density at radius 1 is 1.05 bits per heavy atom. The van der Waals surface area contributed by atoms with Gasteiger partial charge >= 0.3 is 6.09 Å². The Kier molecular flexibility index (Phi) is 10.9. The smallest absolute Gasteiger partial charge is 0.408 e. The summed E-state index contributed by atoms with van der Waals surface area (Å²) in [5.41, 5.74) is 2.74. The molecule has 0 fully saturated rings. The number of carbonyl (C=O) groups excluding carboxylic acids is 3. The van der Waals surface area contributed by atoms with Crippen molar-refractivity contribution in [2.75, 3.05) is 6.54 Å². The average Bonchev–Trinajstić information content (AvgIpc) is 2.86. The van der Waals surface area contributed by atoms with E-state index in [1.807, 2.05) is 76.2 Å². The van der Waals surface area contributed by atoms with E-state index in [4.69, 9.17) is 4.74 Å². The van der Waals surface area contributed by atoms with E-state index < -0.39 is 35.6 Å². The normalized spacial score (nSPS) is 13.4. The summed E-state index contributed by atoms with van der Waals surface area (Å²) in [5, 5.41) is 15.3. The number of aryl methyl sites for hydroxylation is 2. The van der Waals surface area contributed by atoms with E-state index in [-0.39, 0.29) is 19.0 Å². The van der Waals surface area contributed by atoms with Gasteiger partial charge in [-0.05, 0) is 62.8 Å². The molecule has 0 aliphatic carbocycles. The Balaban J connectivity index is 2.49. The summed E-state index contributed by atoms with van der Waals surface area (Å²) in [6.45, 7) is 12.8. The molecule has 0 aliphatic heterocycles. The molecule has 0 heterocycles. The molecule has 8 nitrogen and oxygen atoms in total. The first kappa shape index (κ1) is 30.4. The lowest BCUT2D eigenvalue weighted by atomic mass is 9.94. The molecule has 2 aromatic carbocycles. The van der Waals surface area contributed by atoms with E-state index >= 15 is 0 Å². The van der Waals surface area contributed by atoms with Crippen molar-refractivity contribution >= 4 is 17.9 Å². The number of nitriles is 1. The second-order valence-electron chi connectivity index (χ2n) is 10.6. The Labute approximate surface area is 226 Å². The number of alkyl carbamates (subject to hydrolysis) is 1. The molecule has 0 aromatic heterocycles. The van der Waals surface area contributed by atoms with E-state index in [9.17, 15) is 19.6 Å². The summed E-state index contributed by atoms with van der Waals surface area (Å²) < 4.78 is 5.40. The summed E-state index contributed by atoms with van der Waals surface area (Å²) in [6, 6.07) is 15.0. The third kappa shape index (κ3) is 8.62. The Bertz CT molecular complexity index is 1150. The minimum absolute atomic E-state index is 0.264. The van der Waals surface area contributed by atoms with Gasteiger partial charge < -0.3 is 20.3 Å². The summed E-state index contributed by atoms with van der Waals surface area (Å²) in [6.07, 6.45) is -0.148. The molecule has 2 rings (SSSR count). The second-order valence-corrected chi connectivity index (χ2v) is 10.6. The largest absolute Gasteiger partial charge is 0.444 e. The van der Waals surface area contributed by atoms with E-state index in [1.54, 1.807) is 26.8 Å². The summed E-state index contributed by atoms with van der Waals surface area (Å²) in [4.78, 5) is 41.6. The highest BCUT2D eigenvalue weighted by Crippen LogP contribution is 2.26. The van der Waals surface area contributed by atoms with Crippen LogP contribution in [0.5, 0.6) is 0 Å². The summed E-state index contributed by atoms with van der Waals surface area (Å²) in [5.74, 6) is -1.21. The average molecular weight is 521 g/mol. The number of nitrogens with zero attached hydrogens (tertiary/aromatic N) is 2. The van der Waals surface area contributed by atoms with Crippen LogP contribution in [0, 0.1) is 31.1 Å². The molecular weight excluding hydrogens is 480 g/mol. The maximum absolute atomic E-state index is 14.0. The van der Waals surface area contributed by atoms with Crippen LogP contribution in [0.4, 0.5) is 4.79 Å². The molecule has 0 radical (unpaired) electrons. The number of ether oxygens (including phenoxy) is 1. The van der Waals surface area contributed by atoms with Gasteiger partial charge in [0, 0.05) is 6.54 Å². The maximum atomic E-state index is 14.0. The van der Waals surface area contributed by atoms with Crippen molar-refractivity contribution < 1.29 is 19.1 Å². The predicted molar refractivity (Wildman–Crippen MR) is 147 cm³/mol. The Hall–Kier alpha value is -3.86. The van der Waals surface area contributed by atoms with Gasteiger partial charge in [0.25, 0.3) is 0 Å². The first-order valence-electron chi connectivity index (χ1n) is 12.9. The van der Waals surface area contributed by atoms with Gasteiger partial charge in [-0.15, -0.1) is 0 Å². The van der Waals surface area contributed by atoms with Crippen LogP contribution < -0.4 is 10.6 Å². The van der Waals surface area contributed by atoms with Crippen molar-refractivity contribution in [3.05, 3.63) is 70.8 Å². The molecule has 0 aliphatic rings. The molecule has 0 saturated carbocycles. The van der Waals surface area contributed by atoms with E-state index in [0.717, 1.165) is 16.7 Å². The Morgan fingerprint density at radius 3 is 2.26 bits per heavy atom. The van der Waals surface area contributed by atoms with Crippen LogP contribution >= 0.6 is 0 Å². The SMILES string of the molecule is CCC(C)C(NC(=O)OC(C)(C)C)C(=O)N(CC#N)C(C(=O)NCc1ccccc1)c1ccc(C)c(C)c1. The lowest BCUT2D eigenvalue weighted by molar-refractivity contribution is -0.142. The standard InChI is InChI=1S/C30H40N4O4/c1-8-20(2)25(33-29(37)38-30(5,6)7)28(36)34(17-16-31)26(24-15-14-21(3)22(4)18-24)27(35)32-19-23-12-10-9-11-13-23/h9-15,18,20,25-26H,8,17,19H2,1-7H3,(H,32,35)(H,33,37). The number of amides is 3. The lowest BCUT2D eigenvalue weighted by Crippen LogP contribution is -2.55. The van der Waals surface area contributed by atoms with Gasteiger partial charge in [-0.2, -0.15) is 5.26 Å². The number of benzene rings is 2. The summed E-state index contributed by atoms with van der Waals surface area (Å²) in [7, 11) is 0. The zero-order chi connectivity index (χ0) is 28.5. The highest BCUT2D eigenvalue weighted by atomic mass is 16.6. The molecule has 8 heteroatoms. The fraction of sp³-hybridized carbons (Fsp3) is 0.467. The van der Waals surface area contributed by atoms with Gasteiger partial charge in [-0.3, -0.25) is 9.59 Å². The molecule has 3 amide bonds. The van der Waals surface area contributed by atoms with Gasteiger partial charge in [0.1, 0.15) is 24.2 Å². The van der Waals surface area contributed by atoms with E-state index in [2.05, 4.69) is 10.6 Å². The number of hydrogen-bond donors (Lipinski definition) is 2. The molecule has 2 N–H and O–H groups in total. The van der Waals surface area contributed by atoms with Crippen LogP contribution in [0.15, 0.2) is 48.5 Å². The van der Waals surface area contributed by atoms with Crippen LogP contribution in [0.1, 0.15) is 69.3 Å². The minimum atomic E-state index is -1.07. The molecular formula is C30H40N4O4. The van der Waals surface area contributed by atoms with Gasteiger partial charge in [-0.1, -0.05) is 68.8 Å². The van der Waals surface area contributed by atoms with Crippen LogP contribution in [-0.4, -0.2) is 41.0 Å². The fourth-order valence-electron chi connectivity index (χ4n) is 3.96. The van der Waals surface area contributed by atoms with Crippen molar-refractivity contribution in [1.82, 2.24) is 15.5 Å². The molecule has 38 heavy (non-hydrogen) atoms. The molecule has 2 aromatic rings. The number of hydrogen-bond acceptors (Lipinski definition) is 5. The maximum Gasteiger partial charge on any atom is 0.408 e. The molecule has 0 spiro atoms. The minimum Gasteiger partial charge on any atom is -0.444 e. The van der Waals surface area contributed by atoms with Crippen molar-refractivity contribution in [3.8, 4) is 6.07 Å². The van der Waals surface area contributed by atoms with Crippen LogP contribution in [0.3, 0.4) is 0 Å². The highest BCUT2D eigenvalue weighted by molar-refractivity contribution is 5.92. The van der Waals surface area contributed by atoms with Crippen molar-refractivity contribution in [1.29, 1.82) is 5.26 Å². The van der Waals surface area contributed by atoms with Crippen LogP contribution in [0.2, 0.25) is 0 Å². The van der Waals surface area contributed by atoms with Crippen molar-refractivity contribution in [3.63, 3.8) is 0 Å². The second kappa shape index (κ2) is 13.6.